The average molecular weight is 267 g/mol. The van der Waals surface area contributed by atoms with E-state index in [9.17, 15) is 22.7 Å². The lowest BCUT2D eigenvalue weighted by atomic mass is 10.0. The van der Waals surface area contributed by atoms with Gasteiger partial charge in [-0.15, -0.1) is 0 Å². The summed E-state index contributed by atoms with van der Waals surface area (Å²) in [6.45, 7) is -3.67. The van der Waals surface area contributed by atoms with Crippen molar-refractivity contribution in [3.05, 3.63) is 29.8 Å². The van der Waals surface area contributed by atoms with Gasteiger partial charge >= 0.3 is 6.61 Å². The molecule has 0 saturated carbocycles. The van der Waals surface area contributed by atoms with Crippen LogP contribution in [0.1, 0.15) is 11.7 Å². The van der Waals surface area contributed by atoms with E-state index in [4.69, 9.17) is 0 Å². The van der Waals surface area contributed by atoms with Crippen LogP contribution in [0, 0.1) is 0 Å². The van der Waals surface area contributed by atoms with Gasteiger partial charge in [-0.05, 0) is 24.7 Å². The highest BCUT2D eigenvalue weighted by molar-refractivity contribution is 5.29. The van der Waals surface area contributed by atoms with Crippen LogP contribution in [0.3, 0.4) is 0 Å². The van der Waals surface area contributed by atoms with Crippen LogP contribution in [0.15, 0.2) is 24.3 Å². The van der Waals surface area contributed by atoms with E-state index in [-0.39, 0.29) is 11.3 Å². The topological polar surface area (TPSA) is 41.5 Å². The highest BCUT2D eigenvalue weighted by Gasteiger charge is 2.38. The van der Waals surface area contributed by atoms with Gasteiger partial charge in [-0.1, -0.05) is 12.1 Å². The first kappa shape index (κ1) is 14.7. The molecule has 1 aromatic carbocycles. The second-order valence-electron chi connectivity index (χ2n) is 3.64. The zero-order valence-electron chi connectivity index (χ0n) is 9.54. The van der Waals surface area contributed by atoms with E-state index in [1.54, 1.807) is 0 Å². The third kappa shape index (κ3) is 3.85. The number of ether oxygens (including phenoxy) is 1. The molecule has 1 rings (SSSR count). The maximum absolute atomic E-state index is 13.4. The molecule has 1 aromatic rings. The fraction of sp³-hybridized carbons (Fsp3) is 0.455. The summed E-state index contributed by atoms with van der Waals surface area (Å²) in [6.07, 6.45) is -2.01. The van der Waals surface area contributed by atoms with Gasteiger partial charge in [-0.2, -0.15) is 8.78 Å². The Morgan fingerprint density at radius 3 is 2.28 bits per heavy atom. The van der Waals surface area contributed by atoms with Crippen molar-refractivity contribution in [1.29, 1.82) is 0 Å². The predicted molar refractivity (Wildman–Crippen MR) is 56.9 cm³/mol. The number of halogens is 4. The minimum atomic E-state index is -3.35. The van der Waals surface area contributed by atoms with Crippen molar-refractivity contribution in [2.24, 2.45) is 0 Å². The fourth-order valence-corrected chi connectivity index (χ4v) is 1.41. The SMILES string of the molecule is CNCC(F)(F)C(O)c1ccc(OC(F)F)cc1. The van der Waals surface area contributed by atoms with Crippen LogP contribution in [-0.4, -0.2) is 31.2 Å². The first-order valence-electron chi connectivity index (χ1n) is 5.12. The highest BCUT2D eigenvalue weighted by atomic mass is 19.3. The number of aliphatic hydroxyl groups excluding tert-OH is 1. The van der Waals surface area contributed by atoms with Crippen LogP contribution in [0.5, 0.6) is 5.75 Å². The molecule has 0 aromatic heterocycles. The Labute approximate surface area is 101 Å². The molecule has 1 unspecified atom stereocenters. The summed E-state index contributed by atoms with van der Waals surface area (Å²) in [6, 6.07) is 4.43. The van der Waals surface area contributed by atoms with Crippen molar-refractivity contribution in [2.75, 3.05) is 13.6 Å². The molecule has 1 atom stereocenters. The Bertz CT molecular complexity index is 370. The molecule has 0 heterocycles. The second kappa shape index (κ2) is 6.01. The summed E-state index contributed by atoms with van der Waals surface area (Å²) in [5, 5.41) is 11.7. The smallest absolute Gasteiger partial charge is 0.387 e. The minimum Gasteiger partial charge on any atom is -0.435 e. The number of rotatable bonds is 6. The molecule has 18 heavy (non-hydrogen) atoms. The molecule has 0 saturated heterocycles. The second-order valence-corrected chi connectivity index (χ2v) is 3.64. The standard InChI is InChI=1S/C11H13F4NO2/c1-16-6-11(14,15)9(17)7-2-4-8(5-3-7)18-10(12)13/h2-5,9-10,16-17H,6H2,1H3. The molecule has 0 aliphatic rings. The molecule has 2 N–H and O–H groups in total. The summed E-state index contributed by atoms with van der Waals surface area (Å²) in [4.78, 5) is 0. The molecule has 0 aliphatic heterocycles. The zero-order chi connectivity index (χ0) is 13.8. The third-order valence-electron chi connectivity index (χ3n) is 2.23. The van der Waals surface area contributed by atoms with Crippen LogP contribution in [0.25, 0.3) is 0 Å². The number of aliphatic hydroxyl groups is 1. The molecule has 102 valence electrons. The van der Waals surface area contributed by atoms with Gasteiger partial charge in [0.1, 0.15) is 11.9 Å². The molecule has 0 aliphatic carbocycles. The Balaban J connectivity index is 2.78. The van der Waals surface area contributed by atoms with E-state index < -0.39 is 25.2 Å². The van der Waals surface area contributed by atoms with Crippen LogP contribution in [0.4, 0.5) is 17.6 Å². The van der Waals surface area contributed by atoms with Gasteiger partial charge in [-0.25, -0.2) is 8.78 Å². The van der Waals surface area contributed by atoms with Gasteiger partial charge in [-0.3, -0.25) is 0 Å². The maximum Gasteiger partial charge on any atom is 0.387 e. The van der Waals surface area contributed by atoms with Crippen molar-refractivity contribution in [3.63, 3.8) is 0 Å². The summed E-state index contributed by atoms with van der Waals surface area (Å²) < 4.78 is 54.5. The van der Waals surface area contributed by atoms with Crippen molar-refractivity contribution >= 4 is 0 Å². The number of benzene rings is 1. The van der Waals surface area contributed by atoms with E-state index in [1.165, 1.54) is 7.05 Å². The predicted octanol–water partition coefficient (Wildman–Crippen LogP) is 2.18. The lowest BCUT2D eigenvalue weighted by Crippen LogP contribution is -2.36. The normalized spacial score (nSPS) is 13.7. The van der Waals surface area contributed by atoms with E-state index in [1.807, 2.05) is 0 Å². The van der Waals surface area contributed by atoms with Gasteiger partial charge in [0.05, 0.1) is 6.54 Å². The van der Waals surface area contributed by atoms with Gasteiger partial charge < -0.3 is 15.2 Å². The number of nitrogens with one attached hydrogen (secondary N) is 1. The lowest BCUT2D eigenvalue weighted by molar-refractivity contribution is -0.107. The maximum atomic E-state index is 13.4. The van der Waals surface area contributed by atoms with Crippen molar-refractivity contribution in [1.82, 2.24) is 5.32 Å². The van der Waals surface area contributed by atoms with Gasteiger partial charge in [0.25, 0.3) is 5.92 Å². The monoisotopic (exact) mass is 267 g/mol. The van der Waals surface area contributed by atoms with Crippen LogP contribution in [-0.2, 0) is 0 Å². The minimum absolute atomic E-state index is 0.0723. The van der Waals surface area contributed by atoms with Crippen LogP contribution in [0.2, 0.25) is 0 Å². The summed E-state index contributed by atoms with van der Waals surface area (Å²) in [5.74, 6) is -3.50. The largest absolute Gasteiger partial charge is 0.435 e. The van der Waals surface area contributed by atoms with E-state index >= 15 is 0 Å². The first-order valence-corrected chi connectivity index (χ1v) is 5.12. The average Bonchev–Trinajstić information content (AvgIpc) is 2.28. The molecule has 0 radical (unpaired) electrons. The summed E-state index contributed by atoms with van der Waals surface area (Å²) in [7, 11) is 1.33. The highest BCUT2D eigenvalue weighted by Crippen LogP contribution is 2.31. The van der Waals surface area contributed by atoms with Crippen molar-refractivity contribution in [3.8, 4) is 5.75 Å². The molecular formula is C11H13F4NO2. The quantitative estimate of drug-likeness (QED) is 0.776. The number of hydrogen-bond donors (Lipinski definition) is 2. The molecule has 0 amide bonds. The molecular weight excluding hydrogens is 254 g/mol. The molecule has 0 spiro atoms. The van der Waals surface area contributed by atoms with E-state index in [2.05, 4.69) is 10.1 Å². The van der Waals surface area contributed by atoms with Crippen LogP contribution < -0.4 is 10.1 Å². The Morgan fingerprint density at radius 1 is 1.28 bits per heavy atom. The van der Waals surface area contributed by atoms with Gasteiger partial charge in [0, 0.05) is 0 Å². The lowest BCUT2D eigenvalue weighted by Gasteiger charge is -2.22. The van der Waals surface area contributed by atoms with E-state index in [0.29, 0.717) is 0 Å². The van der Waals surface area contributed by atoms with Gasteiger partial charge in [0.2, 0.25) is 0 Å². The van der Waals surface area contributed by atoms with E-state index in [0.717, 1.165) is 24.3 Å². The number of alkyl halides is 4. The molecule has 3 nitrogen and oxygen atoms in total. The van der Waals surface area contributed by atoms with Gasteiger partial charge in [0.15, 0.2) is 0 Å². The van der Waals surface area contributed by atoms with Crippen LogP contribution >= 0.6 is 0 Å². The molecule has 7 heteroatoms. The fourth-order valence-electron chi connectivity index (χ4n) is 1.41. The molecule has 0 fully saturated rings. The Morgan fingerprint density at radius 2 is 1.83 bits per heavy atom. The van der Waals surface area contributed by atoms with Crippen molar-refractivity contribution < 1.29 is 27.4 Å². The Kier molecular flexibility index (Phi) is 4.92. The summed E-state index contributed by atoms with van der Waals surface area (Å²) in [5.41, 5.74) is -0.0723. The molecule has 0 bridgehead atoms. The third-order valence-corrected chi connectivity index (χ3v) is 2.23. The zero-order valence-corrected chi connectivity index (χ0v) is 9.54. The number of hydrogen-bond acceptors (Lipinski definition) is 3. The first-order chi connectivity index (χ1) is 8.36. The van der Waals surface area contributed by atoms with Crippen molar-refractivity contribution in [2.45, 2.75) is 18.6 Å². The summed E-state index contributed by atoms with van der Waals surface area (Å²) >= 11 is 0. The Hall–Kier alpha value is -1.34.